The molecule has 0 spiro atoms. The van der Waals surface area contributed by atoms with Gasteiger partial charge in [-0.05, 0) is 53.3 Å². The molecule has 0 aliphatic heterocycles. The minimum atomic E-state index is -0.256. The average molecular weight is 426 g/mol. The van der Waals surface area contributed by atoms with Gasteiger partial charge in [0.1, 0.15) is 11.1 Å². The number of fused-ring (bicyclic) bond motifs is 1. The Hall–Kier alpha value is -1.40. The standard InChI is InChI=1S/C15H15IN4OS/c1-8-3-4-9-10(6-17)15(22-12(9)5-8)18-14(21)13-11(16)7-20(2)19-13/h7-8H,3-5H2,1-2H3,(H,18,21)/t8-/m1/s1. The Morgan fingerprint density at radius 2 is 2.41 bits per heavy atom. The fourth-order valence-corrected chi connectivity index (χ4v) is 4.84. The molecule has 114 valence electrons. The van der Waals surface area contributed by atoms with Crippen LogP contribution in [0.4, 0.5) is 5.00 Å². The number of aromatic nitrogens is 2. The number of carbonyl (C=O) groups is 1. The van der Waals surface area contributed by atoms with Gasteiger partial charge in [0.25, 0.3) is 5.91 Å². The molecule has 22 heavy (non-hydrogen) atoms. The van der Waals surface area contributed by atoms with E-state index in [0.29, 0.717) is 22.2 Å². The van der Waals surface area contributed by atoms with E-state index in [1.54, 1.807) is 17.9 Å². The van der Waals surface area contributed by atoms with Crippen molar-refractivity contribution in [1.82, 2.24) is 9.78 Å². The third kappa shape index (κ3) is 2.77. The topological polar surface area (TPSA) is 70.7 Å². The molecular formula is C15H15IN4OS. The van der Waals surface area contributed by atoms with Crippen molar-refractivity contribution in [3.8, 4) is 6.07 Å². The van der Waals surface area contributed by atoms with Gasteiger partial charge in [-0.15, -0.1) is 11.3 Å². The van der Waals surface area contributed by atoms with E-state index in [-0.39, 0.29) is 5.91 Å². The van der Waals surface area contributed by atoms with Gasteiger partial charge in [0.2, 0.25) is 0 Å². The van der Waals surface area contributed by atoms with Crippen LogP contribution in [0.3, 0.4) is 0 Å². The number of hydrogen-bond acceptors (Lipinski definition) is 4. The summed E-state index contributed by atoms with van der Waals surface area (Å²) in [6.07, 6.45) is 4.81. The molecule has 1 aliphatic rings. The van der Waals surface area contributed by atoms with E-state index in [1.165, 1.54) is 16.2 Å². The molecule has 2 aromatic heterocycles. The molecule has 5 nitrogen and oxygen atoms in total. The Labute approximate surface area is 146 Å². The van der Waals surface area contributed by atoms with Crippen LogP contribution in [0.5, 0.6) is 0 Å². The van der Waals surface area contributed by atoms with Crippen molar-refractivity contribution in [1.29, 1.82) is 5.26 Å². The number of hydrogen-bond donors (Lipinski definition) is 1. The first-order valence-corrected chi connectivity index (χ1v) is 8.94. The SMILES string of the molecule is C[C@@H]1CCc2c(sc(NC(=O)c3nn(C)cc3I)c2C#N)C1. The number of nitriles is 1. The van der Waals surface area contributed by atoms with Gasteiger partial charge in [-0.2, -0.15) is 10.4 Å². The average Bonchev–Trinajstić information content (AvgIpc) is 2.97. The molecule has 7 heteroatoms. The molecule has 0 radical (unpaired) electrons. The first-order chi connectivity index (χ1) is 10.5. The van der Waals surface area contributed by atoms with Crippen molar-refractivity contribution in [3.05, 3.63) is 31.5 Å². The van der Waals surface area contributed by atoms with E-state index in [2.05, 4.69) is 46.0 Å². The summed E-state index contributed by atoms with van der Waals surface area (Å²) in [6.45, 7) is 2.23. The number of nitrogens with one attached hydrogen (secondary N) is 1. The summed E-state index contributed by atoms with van der Waals surface area (Å²) in [7, 11) is 1.78. The second-order valence-electron chi connectivity index (χ2n) is 5.62. The van der Waals surface area contributed by atoms with Crippen LogP contribution in [0.2, 0.25) is 0 Å². The Morgan fingerprint density at radius 1 is 1.64 bits per heavy atom. The normalized spacial score (nSPS) is 16.9. The minimum absolute atomic E-state index is 0.256. The number of anilines is 1. The van der Waals surface area contributed by atoms with Crippen molar-refractivity contribution in [2.75, 3.05) is 5.32 Å². The fraction of sp³-hybridized carbons (Fsp3) is 0.400. The maximum atomic E-state index is 12.4. The maximum Gasteiger partial charge on any atom is 0.277 e. The van der Waals surface area contributed by atoms with Gasteiger partial charge in [-0.3, -0.25) is 9.48 Å². The molecule has 3 rings (SSSR count). The van der Waals surface area contributed by atoms with Crippen LogP contribution >= 0.6 is 33.9 Å². The third-order valence-electron chi connectivity index (χ3n) is 3.85. The van der Waals surface area contributed by atoms with Crippen molar-refractivity contribution in [2.24, 2.45) is 13.0 Å². The summed E-state index contributed by atoms with van der Waals surface area (Å²) in [5.74, 6) is 0.381. The summed E-state index contributed by atoms with van der Waals surface area (Å²) in [5.41, 5.74) is 2.15. The molecule has 0 fully saturated rings. The zero-order chi connectivity index (χ0) is 15.9. The zero-order valence-electron chi connectivity index (χ0n) is 12.3. The maximum absolute atomic E-state index is 12.4. The quantitative estimate of drug-likeness (QED) is 0.749. The highest BCUT2D eigenvalue weighted by Crippen LogP contribution is 2.39. The Morgan fingerprint density at radius 3 is 3.05 bits per heavy atom. The number of rotatable bonds is 2. The first kappa shape index (κ1) is 15.5. The number of aryl methyl sites for hydroxylation is 1. The van der Waals surface area contributed by atoms with Crippen molar-refractivity contribution in [2.45, 2.75) is 26.2 Å². The second kappa shape index (κ2) is 6.01. The van der Waals surface area contributed by atoms with Crippen molar-refractivity contribution >= 4 is 44.8 Å². The van der Waals surface area contributed by atoms with Gasteiger partial charge >= 0.3 is 0 Å². The molecule has 2 heterocycles. The minimum Gasteiger partial charge on any atom is -0.311 e. The Kier molecular flexibility index (Phi) is 4.23. The lowest BCUT2D eigenvalue weighted by Gasteiger charge is -2.17. The van der Waals surface area contributed by atoms with E-state index >= 15 is 0 Å². The summed E-state index contributed by atoms with van der Waals surface area (Å²) >= 11 is 3.63. The predicted molar refractivity (Wildman–Crippen MR) is 94.1 cm³/mol. The molecule has 0 aromatic carbocycles. The first-order valence-electron chi connectivity index (χ1n) is 7.04. The highest BCUT2D eigenvalue weighted by atomic mass is 127. The lowest BCUT2D eigenvalue weighted by molar-refractivity contribution is 0.102. The fourth-order valence-electron chi connectivity index (χ4n) is 2.73. The summed E-state index contributed by atoms with van der Waals surface area (Å²) in [4.78, 5) is 13.6. The van der Waals surface area contributed by atoms with Gasteiger partial charge in [0, 0.05) is 18.1 Å². The third-order valence-corrected chi connectivity index (χ3v) is 5.81. The van der Waals surface area contributed by atoms with E-state index in [9.17, 15) is 10.1 Å². The van der Waals surface area contributed by atoms with Crippen molar-refractivity contribution < 1.29 is 4.79 Å². The Bertz CT molecular complexity index is 786. The highest BCUT2D eigenvalue weighted by molar-refractivity contribution is 14.1. The number of carbonyl (C=O) groups excluding carboxylic acids is 1. The van der Waals surface area contributed by atoms with Gasteiger partial charge in [-0.25, -0.2) is 0 Å². The van der Waals surface area contributed by atoms with Crippen LogP contribution in [0.1, 0.15) is 39.8 Å². The van der Waals surface area contributed by atoms with E-state index in [4.69, 9.17) is 0 Å². The van der Waals surface area contributed by atoms with Gasteiger partial charge in [-0.1, -0.05) is 6.92 Å². The number of nitrogens with zero attached hydrogens (tertiary/aromatic N) is 3. The monoisotopic (exact) mass is 426 g/mol. The van der Waals surface area contributed by atoms with Crippen molar-refractivity contribution in [3.63, 3.8) is 0 Å². The van der Waals surface area contributed by atoms with Gasteiger partial charge in [0.15, 0.2) is 5.69 Å². The lowest BCUT2D eigenvalue weighted by Crippen LogP contribution is -2.14. The summed E-state index contributed by atoms with van der Waals surface area (Å²) in [6, 6.07) is 2.26. The van der Waals surface area contributed by atoms with Crippen LogP contribution in [-0.4, -0.2) is 15.7 Å². The molecular weight excluding hydrogens is 411 g/mol. The van der Waals surface area contributed by atoms with Crippen LogP contribution in [0.25, 0.3) is 0 Å². The number of halogens is 1. The Balaban J connectivity index is 1.91. The summed E-state index contributed by atoms with van der Waals surface area (Å²) in [5, 5.41) is 17.2. The number of thiophene rings is 1. The van der Waals surface area contributed by atoms with E-state index in [0.717, 1.165) is 28.4 Å². The van der Waals surface area contributed by atoms with Gasteiger partial charge in [0.05, 0.1) is 9.13 Å². The predicted octanol–water partition coefficient (Wildman–Crippen LogP) is 3.33. The smallest absolute Gasteiger partial charge is 0.277 e. The molecule has 1 atom stereocenters. The molecule has 1 amide bonds. The van der Waals surface area contributed by atoms with Gasteiger partial charge < -0.3 is 5.32 Å². The van der Waals surface area contributed by atoms with Crippen LogP contribution in [-0.2, 0) is 19.9 Å². The molecule has 0 saturated heterocycles. The van der Waals surface area contributed by atoms with E-state index in [1.807, 2.05) is 0 Å². The molecule has 0 unspecified atom stereocenters. The van der Waals surface area contributed by atoms with Crippen LogP contribution in [0.15, 0.2) is 6.20 Å². The highest BCUT2D eigenvalue weighted by Gasteiger charge is 2.25. The summed E-state index contributed by atoms with van der Waals surface area (Å²) < 4.78 is 2.41. The second-order valence-corrected chi connectivity index (χ2v) is 7.89. The molecule has 0 saturated carbocycles. The molecule has 1 N–H and O–H groups in total. The molecule has 2 aromatic rings. The molecule has 0 bridgehead atoms. The van der Waals surface area contributed by atoms with Crippen LogP contribution in [0, 0.1) is 20.8 Å². The zero-order valence-corrected chi connectivity index (χ0v) is 15.3. The number of amides is 1. The van der Waals surface area contributed by atoms with E-state index < -0.39 is 0 Å². The largest absolute Gasteiger partial charge is 0.311 e. The molecule has 1 aliphatic carbocycles. The lowest BCUT2D eigenvalue weighted by atomic mass is 9.89. The van der Waals surface area contributed by atoms with Crippen LogP contribution < -0.4 is 5.32 Å².